The van der Waals surface area contributed by atoms with Gasteiger partial charge in [0.05, 0.1) is 6.61 Å². The van der Waals surface area contributed by atoms with Gasteiger partial charge in [0.15, 0.2) is 0 Å². The predicted molar refractivity (Wildman–Crippen MR) is 59.3 cm³/mol. The average Bonchev–Trinajstić information content (AvgIpc) is 2.18. The SMILES string of the molecule is CCOc1cc(Cl)cc2c1CCCC2. The van der Waals surface area contributed by atoms with E-state index in [-0.39, 0.29) is 0 Å². The summed E-state index contributed by atoms with van der Waals surface area (Å²) < 4.78 is 5.60. The third-order valence-corrected chi connectivity index (χ3v) is 2.91. The summed E-state index contributed by atoms with van der Waals surface area (Å²) in [6.07, 6.45) is 4.84. The van der Waals surface area contributed by atoms with Gasteiger partial charge in [-0.1, -0.05) is 11.6 Å². The van der Waals surface area contributed by atoms with Crippen LogP contribution in [0.2, 0.25) is 5.02 Å². The Kier molecular flexibility index (Phi) is 2.97. The fourth-order valence-corrected chi connectivity index (χ4v) is 2.30. The topological polar surface area (TPSA) is 9.23 Å². The first kappa shape index (κ1) is 9.85. The minimum absolute atomic E-state index is 0.715. The van der Waals surface area contributed by atoms with Crippen molar-refractivity contribution in [3.8, 4) is 5.75 Å². The molecular formula is C12H15ClO. The number of benzene rings is 1. The van der Waals surface area contributed by atoms with Crippen LogP contribution in [0.5, 0.6) is 5.75 Å². The standard InChI is InChI=1S/C12H15ClO/c1-2-14-12-8-10(13)7-9-5-3-4-6-11(9)12/h7-8H,2-6H2,1H3. The zero-order valence-electron chi connectivity index (χ0n) is 8.48. The summed E-state index contributed by atoms with van der Waals surface area (Å²) in [7, 11) is 0. The normalized spacial score (nSPS) is 15.0. The van der Waals surface area contributed by atoms with Crippen molar-refractivity contribution in [3.05, 3.63) is 28.3 Å². The van der Waals surface area contributed by atoms with Crippen LogP contribution >= 0.6 is 11.6 Å². The predicted octanol–water partition coefficient (Wildman–Crippen LogP) is 3.62. The lowest BCUT2D eigenvalue weighted by atomic mass is 9.91. The number of hydrogen-bond donors (Lipinski definition) is 0. The largest absolute Gasteiger partial charge is 0.494 e. The van der Waals surface area contributed by atoms with E-state index >= 15 is 0 Å². The van der Waals surface area contributed by atoms with Crippen LogP contribution < -0.4 is 4.74 Å². The molecule has 0 saturated heterocycles. The summed E-state index contributed by atoms with van der Waals surface area (Å²) in [5.41, 5.74) is 2.76. The molecule has 0 heterocycles. The molecule has 0 aliphatic heterocycles. The van der Waals surface area contributed by atoms with Gasteiger partial charge in [0.1, 0.15) is 5.75 Å². The maximum absolute atomic E-state index is 6.04. The molecule has 0 fully saturated rings. The van der Waals surface area contributed by atoms with E-state index in [9.17, 15) is 0 Å². The Bertz CT molecular complexity index is 333. The number of ether oxygens (including phenoxy) is 1. The summed E-state index contributed by atoms with van der Waals surface area (Å²) in [5, 5.41) is 0.800. The fraction of sp³-hybridized carbons (Fsp3) is 0.500. The molecule has 0 atom stereocenters. The van der Waals surface area contributed by atoms with Gasteiger partial charge in [-0.2, -0.15) is 0 Å². The smallest absolute Gasteiger partial charge is 0.124 e. The third-order valence-electron chi connectivity index (χ3n) is 2.69. The van der Waals surface area contributed by atoms with Gasteiger partial charge in [0.25, 0.3) is 0 Å². The van der Waals surface area contributed by atoms with E-state index in [1.807, 2.05) is 13.0 Å². The van der Waals surface area contributed by atoms with Gasteiger partial charge in [-0.3, -0.25) is 0 Å². The van der Waals surface area contributed by atoms with Crippen molar-refractivity contribution in [2.75, 3.05) is 6.61 Å². The van der Waals surface area contributed by atoms with Gasteiger partial charge in [0.2, 0.25) is 0 Å². The molecule has 0 amide bonds. The molecule has 2 heteroatoms. The fourth-order valence-electron chi connectivity index (χ4n) is 2.07. The lowest BCUT2D eigenvalue weighted by Gasteiger charge is -2.19. The molecule has 1 aromatic rings. The Morgan fingerprint density at radius 2 is 2.07 bits per heavy atom. The van der Waals surface area contributed by atoms with Crippen molar-refractivity contribution in [2.45, 2.75) is 32.6 Å². The highest BCUT2D eigenvalue weighted by Crippen LogP contribution is 2.32. The van der Waals surface area contributed by atoms with Crippen molar-refractivity contribution in [2.24, 2.45) is 0 Å². The van der Waals surface area contributed by atoms with Crippen LogP contribution in [0, 0.1) is 0 Å². The molecule has 14 heavy (non-hydrogen) atoms. The van der Waals surface area contributed by atoms with Crippen molar-refractivity contribution in [3.63, 3.8) is 0 Å². The molecule has 1 nitrogen and oxygen atoms in total. The molecular weight excluding hydrogens is 196 g/mol. The molecule has 0 bridgehead atoms. The van der Waals surface area contributed by atoms with Crippen LogP contribution in [0.15, 0.2) is 12.1 Å². The number of halogens is 1. The molecule has 0 aromatic heterocycles. The second-order valence-corrected chi connectivity index (χ2v) is 4.12. The van der Waals surface area contributed by atoms with Crippen molar-refractivity contribution in [1.29, 1.82) is 0 Å². The highest BCUT2D eigenvalue weighted by Gasteiger charge is 2.14. The Labute approximate surface area is 90.0 Å². The maximum atomic E-state index is 6.04. The first-order valence-electron chi connectivity index (χ1n) is 5.25. The van der Waals surface area contributed by atoms with Crippen molar-refractivity contribution < 1.29 is 4.74 Å². The first-order valence-corrected chi connectivity index (χ1v) is 5.63. The Morgan fingerprint density at radius 1 is 1.29 bits per heavy atom. The van der Waals surface area contributed by atoms with E-state index in [1.54, 1.807) is 0 Å². The summed E-state index contributed by atoms with van der Waals surface area (Å²) in [6.45, 7) is 2.73. The molecule has 0 radical (unpaired) electrons. The monoisotopic (exact) mass is 210 g/mol. The van der Waals surface area contributed by atoms with Gasteiger partial charge in [0, 0.05) is 5.02 Å². The summed E-state index contributed by atoms with van der Waals surface area (Å²) in [4.78, 5) is 0. The Hall–Kier alpha value is -0.690. The second kappa shape index (κ2) is 4.22. The highest BCUT2D eigenvalue weighted by atomic mass is 35.5. The average molecular weight is 211 g/mol. The number of fused-ring (bicyclic) bond motifs is 1. The quantitative estimate of drug-likeness (QED) is 0.725. The molecule has 1 aliphatic rings. The lowest BCUT2D eigenvalue weighted by molar-refractivity contribution is 0.334. The van der Waals surface area contributed by atoms with E-state index in [1.165, 1.54) is 24.0 Å². The van der Waals surface area contributed by atoms with E-state index in [0.717, 1.165) is 23.6 Å². The molecule has 0 unspecified atom stereocenters. The van der Waals surface area contributed by atoms with E-state index < -0.39 is 0 Å². The van der Waals surface area contributed by atoms with Crippen LogP contribution in [0.3, 0.4) is 0 Å². The molecule has 0 saturated carbocycles. The van der Waals surface area contributed by atoms with Gasteiger partial charge in [-0.05, 0) is 55.9 Å². The molecule has 0 N–H and O–H groups in total. The minimum atomic E-state index is 0.715. The zero-order chi connectivity index (χ0) is 9.97. The molecule has 1 aromatic carbocycles. The van der Waals surface area contributed by atoms with Crippen LogP contribution in [-0.2, 0) is 12.8 Å². The zero-order valence-corrected chi connectivity index (χ0v) is 9.23. The molecule has 76 valence electrons. The third kappa shape index (κ3) is 1.88. The highest BCUT2D eigenvalue weighted by molar-refractivity contribution is 6.30. The Balaban J connectivity index is 2.41. The molecule has 1 aliphatic carbocycles. The van der Waals surface area contributed by atoms with Crippen molar-refractivity contribution in [1.82, 2.24) is 0 Å². The molecule has 0 spiro atoms. The summed E-state index contributed by atoms with van der Waals surface area (Å²) in [6, 6.07) is 4.02. The number of aryl methyl sites for hydroxylation is 1. The molecule has 2 rings (SSSR count). The van der Waals surface area contributed by atoms with Gasteiger partial charge >= 0.3 is 0 Å². The second-order valence-electron chi connectivity index (χ2n) is 3.68. The first-order chi connectivity index (χ1) is 6.81. The van der Waals surface area contributed by atoms with Gasteiger partial charge in [-0.25, -0.2) is 0 Å². The maximum Gasteiger partial charge on any atom is 0.124 e. The van der Waals surface area contributed by atoms with Crippen molar-refractivity contribution >= 4 is 11.6 Å². The lowest BCUT2D eigenvalue weighted by Crippen LogP contribution is -2.06. The van der Waals surface area contributed by atoms with Crippen LogP contribution in [0.1, 0.15) is 30.9 Å². The van der Waals surface area contributed by atoms with E-state index in [2.05, 4.69) is 6.07 Å². The Morgan fingerprint density at radius 3 is 2.86 bits per heavy atom. The summed E-state index contributed by atoms with van der Waals surface area (Å²) >= 11 is 6.04. The van der Waals surface area contributed by atoms with Gasteiger partial charge in [-0.15, -0.1) is 0 Å². The summed E-state index contributed by atoms with van der Waals surface area (Å²) in [5.74, 6) is 0.995. The minimum Gasteiger partial charge on any atom is -0.494 e. The van der Waals surface area contributed by atoms with Crippen LogP contribution in [0.25, 0.3) is 0 Å². The number of rotatable bonds is 2. The number of hydrogen-bond acceptors (Lipinski definition) is 1. The van der Waals surface area contributed by atoms with E-state index in [0.29, 0.717) is 6.61 Å². The van der Waals surface area contributed by atoms with Crippen LogP contribution in [-0.4, -0.2) is 6.61 Å². The van der Waals surface area contributed by atoms with Crippen LogP contribution in [0.4, 0.5) is 0 Å². The van der Waals surface area contributed by atoms with Gasteiger partial charge < -0.3 is 4.74 Å². The van der Waals surface area contributed by atoms with E-state index in [4.69, 9.17) is 16.3 Å².